The van der Waals surface area contributed by atoms with Gasteiger partial charge in [-0.25, -0.2) is 0 Å². The minimum atomic E-state index is -0.679. The van der Waals surface area contributed by atoms with Crippen molar-refractivity contribution in [2.75, 3.05) is 52.6 Å². The van der Waals surface area contributed by atoms with Gasteiger partial charge in [-0.1, -0.05) is 0 Å². The molecule has 1 aromatic carbocycles. The average molecular weight is 595 g/mol. The summed E-state index contributed by atoms with van der Waals surface area (Å²) < 4.78 is 44.0. The van der Waals surface area contributed by atoms with E-state index in [1.807, 2.05) is 17.0 Å². The summed E-state index contributed by atoms with van der Waals surface area (Å²) >= 11 is -0.679. The Balaban J connectivity index is 1.24. The van der Waals surface area contributed by atoms with Crippen LogP contribution in [0.5, 0.6) is 0 Å². The van der Waals surface area contributed by atoms with Gasteiger partial charge in [0.2, 0.25) is 0 Å². The Kier molecular flexibility index (Phi) is 7.65. The van der Waals surface area contributed by atoms with E-state index in [1.165, 1.54) is 12.1 Å². The second kappa shape index (κ2) is 11.5. The molecule has 2 aliphatic heterocycles. The summed E-state index contributed by atoms with van der Waals surface area (Å²) in [4.78, 5) is 30.1. The minimum absolute atomic E-state index is 0.0523. The first-order valence-corrected chi connectivity index (χ1v) is 14.6. The molecule has 1 radical (unpaired) electrons. The summed E-state index contributed by atoms with van der Waals surface area (Å²) in [7, 11) is 0. The van der Waals surface area contributed by atoms with Crippen molar-refractivity contribution in [3.63, 3.8) is 0 Å². The summed E-state index contributed by atoms with van der Waals surface area (Å²) in [6.45, 7) is 4.79. The molecule has 2 saturated heterocycles. The van der Waals surface area contributed by atoms with Gasteiger partial charge in [-0.15, -0.1) is 0 Å². The van der Waals surface area contributed by atoms with Crippen LogP contribution in [0.1, 0.15) is 15.9 Å². The van der Waals surface area contributed by atoms with Crippen molar-refractivity contribution in [1.82, 2.24) is 29.3 Å². The van der Waals surface area contributed by atoms with E-state index >= 15 is 8.78 Å². The van der Waals surface area contributed by atoms with E-state index in [0.717, 1.165) is 9.74 Å². The van der Waals surface area contributed by atoms with Crippen LogP contribution < -0.4 is 8.96 Å². The topological polar surface area (TPSA) is 85.6 Å². The Morgan fingerprint density at radius 2 is 1.67 bits per heavy atom. The van der Waals surface area contributed by atoms with Crippen molar-refractivity contribution in [3.05, 3.63) is 71.8 Å². The summed E-state index contributed by atoms with van der Waals surface area (Å²) in [5.41, 5.74) is 1.49. The molecular formula is C27H26AsF2N6O3. The van der Waals surface area contributed by atoms with Gasteiger partial charge in [-0.05, 0) is 0 Å². The van der Waals surface area contributed by atoms with Gasteiger partial charge in [0.15, 0.2) is 0 Å². The van der Waals surface area contributed by atoms with Crippen LogP contribution >= 0.6 is 0 Å². The molecule has 0 spiro atoms. The number of nitrogens with zero attached hydrogens (tertiary/aromatic N) is 6. The summed E-state index contributed by atoms with van der Waals surface area (Å²) in [5, 5.41) is 0.757. The van der Waals surface area contributed by atoms with Crippen molar-refractivity contribution < 1.29 is 23.0 Å². The number of hydrogen-bond donors (Lipinski definition) is 0. The van der Waals surface area contributed by atoms with Gasteiger partial charge in [0.1, 0.15) is 0 Å². The van der Waals surface area contributed by atoms with Crippen LogP contribution in [0.3, 0.4) is 0 Å². The number of benzene rings is 1. The van der Waals surface area contributed by atoms with Crippen molar-refractivity contribution in [2.24, 2.45) is 0 Å². The molecule has 12 heteroatoms. The van der Waals surface area contributed by atoms with Crippen molar-refractivity contribution in [1.29, 1.82) is 0 Å². The maximum atomic E-state index is 15.1. The zero-order chi connectivity index (χ0) is 26.8. The number of aromatic nitrogens is 4. The molecule has 0 unspecified atom stereocenters. The standard InChI is InChI=1S/C27H26AsF2N6O3/c29-23-12-21(13-24(30)22(23)17-34-3-7-38-8-4-34)36-2-1-18-15-32-27(33-25(18)36)28-20-11-19(14-31-16-20)26(37)35-5-9-39-10-6-35/h1-2,11-16H,3-10,17H2. The fraction of sp³-hybridized carbons (Fsp3) is 0.333. The van der Waals surface area contributed by atoms with Gasteiger partial charge in [-0.3, -0.25) is 0 Å². The van der Waals surface area contributed by atoms with Crippen molar-refractivity contribution in [2.45, 2.75) is 6.54 Å². The fourth-order valence-corrected chi connectivity index (χ4v) is 6.42. The predicted molar refractivity (Wildman–Crippen MR) is 141 cm³/mol. The molecule has 0 bridgehead atoms. The van der Waals surface area contributed by atoms with Gasteiger partial charge >= 0.3 is 226 Å². The van der Waals surface area contributed by atoms with E-state index in [9.17, 15) is 4.79 Å². The zero-order valence-corrected chi connectivity index (χ0v) is 23.0. The number of fused-ring (bicyclic) bond motifs is 1. The van der Waals surface area contributed by atoms with Crippen LogP contribution in [-0.4, -0.2) is 104 Å². The van der Waals surface area contributed by atoms with Crippen LogP contribution in [0, 0.1) is 11.6 Å². The van der Waals surface area contributed by atoms with Gasteiger partial charge in [0, 0.05) is 0 Å². The number of carbonyl (C=O) groups excluding carboxylic acids is 1. The Hall–Kier alpha value is -3.24. The third-order valence-electron chi connectivity index (χ3n) is 6.80. The molecule has 2 fully saturated rings. The first-order valence-electron chi connectivity index (χ1n) is 12.7. The second-order valence-corrected chi connectivity index (χ2v) is 11.8. The van der Waals surface area contributed by atoms with Crippen LogP contribution in [0.4, 0.5) is 8.78 Å². The van der Waals surface area contributed by atoms with Crippen LogP contribution in [0.15, 0.2) is 49.1 Å². The molecule has 5 heterocycles. The Morgan fingerprint density at radius 3 is 2.41 bits per heavy atom. The van der Waals surface area contributed by atoms with Gasteiger partial charge < -0.3 is 4.74 Å². The van der Waals surface area contributed by atoms with Crippen molar-refractivity contribution in [3.8, 4) is 5.69 Å². The number of rotatable bonds is 6. The molecule has 3 aromatic heterocycles. The molecule has 1 amide bonds. The van der Waals surface area contributed by atoms with E-state index in [4.69, 9.17) is 14.5 Å². The number of carbonyl (C=O) groups is 1. The quantitative estimate of drug-likeness (QED) is 0.309. The monoisotopic (exact) mass is 595 g/mol. The maximum absolute atomic E-state index is 15.1. The summed E-state index contributed by atoms with van der Waals surface area (Å²) in [6, 6.07) is 6.35. The molecule has 201 valence electrons. The van der Waals surface area contributed by atoms with Crippen LogP contribution in [0.25, 0.3) is 16.7 Å². The van der Waals surface area contributed by atoms with E-state index in [1.54, 1.807) is 34.3 Å². The van der Waals surface area contributed by atoms with Crippen LogP contribution in [0.2, 0.25) is 0 Å². The number of ether oxygens (including phenoxy) is 2. The molecule has 39 heavy (non-hydrogen) atoms. The van der Waals surface area contributed by atoms with Crippen molar-refractivity contribution >= 4 is 41.7 Å². The Labute approximate surface area is 230 Å². The molecule has 0 saturated carbocycles. The van der Waals surface area contributed by atoms with Gasteiger partial charge in [0.25, 0.3) is 0 Å². The summed E-state index contributed by atoms with van der Waals surface area (Å²) in [6.07, 6.45) is 6.74. The normalized spacial score (nSPS) is 16.9. The van der Waals surface area contributed by atoms with E-state index in [0.29, 0.717) is 74.1 Å². The van der Waals surface area contributed by atoms with Gasteiger partial charge in [-0.2, -0.15) is 0 Å². The average Bonchev–Trinajstić information content (AvgIpc) is 3.39. The SMILES string of the molecule is O=C(c1cncc([As]c2ncc3ccn(-c4cc(F)c(CN5CCOCC5)c(F)c4)c3n2)c1)N1CCOCC1. The number of halogens is 2. The number of amides is 1. The fourth-order valence-electron chi connectivity index (χ4n) is 4.70. The van der Waals surface area contributed by atoms with Crippen LogP contribution in [-0.2, 0) is 16.0 Å². The predicted octanol–water partition coefficient (Wildman–Crippen LogP) is 1.05. The molecule has 0 atom stereocenters. The third kappa shape index (κ3) is 5.72. The van der Waals surface area contributed by atoms with E-state index in [-0.39, 0.29) is 18.0 Å². The first-order chi connectivity index (χ1) is 19.0. The number of pyridine rings is 1. The Bertz CT molecular complexity index is 1480. The second-order valence-electron chi connectivity index (χ2n) is 9.36. The number of hydrogen-bond acceptors (Lipinski definition) is 7. The molecule has 0 aliphatic carbocycles. The van der Waals surface area contributed by atoms with Gasteiger partial charge in [0.05, 0.1) is 0 Å². The zero-order valence-electron chi connectivity index (χ0n) is 21.1. The summed E-state index contributed by atoms with van der Waals surface area (Å²) in [5.74, 6) is -1.25. The molecule has 2 aliphatic rings. The molecule has 0 N–H and O–H groups in total. The molecule has 6 rings (SSSR count). The first kappa shape index (κ1) is 26.0. The number of morpholine rings is 2. The third-order valence-corrected chi connectivity index (χ3v) is 8.73. The van der Waals surface area contributed by atoms with E-state index in [2.05, 4.69) is 9.97 Å². The van der Waals surface area contributed by atoms with E-state index < -0.39 is 27.4 Å². The molecule has 9 nitrogen and oxygen atoms in total. The molecular weight excluding hydrogens is 569 g/mol. The Morgan fingerprint density at radius 1 is 0.949 bits per heavy atom. The molecule has 4 aromatic rings.